The van der Waals surface area contributed by atoms with Crippen molar-refractivity contribution in [1.29, 1.82) is 0 Å². The Morgan fingerprint density at radius 1 is 1.00 bits per heavy atom. The van der Waals surface area contributed by atoms with Crippen molar-refractivity contribution in [2.75, 3.05) is 13.1 Å². The number of carbonyl (C=O) groups excluding carboxylic acids is 1. The molecular formula is C16H28N2O. The summed E-state index contributed by atoms with van der Waals surface area (Å²) in [4.78, 5) is 14.8. The van der Waals surface area contributed by atoms with E-state index < -0.39 is 0 Å². The standard InChI is InChI=1S/C16H28N2O/c1-11-2-4-12(5-3-11)16(19)18-9-13-6-7-15(17)8-14(13)10-18/h11-15H,2-10,17H2,1H3/t11?,12?,13-,14+,15?/m1/s1. The highest BCUT2D eigenvalue weighted by Gasteiger charge is 2.40. The van der Waals surface area contributed by atoms with Gasteiger partial charge in [-0.15, -0.1) is 0 Å². The van der Waals surface area contributed by atoms with E-state index >= 15 is 0 Å². The van der Waals surface area contributed by atoms with Gasteiger partial charge in [0.25, 0.3) is 0 Å². The number of carbonyl (C=O) groups is 1. The molecule has 3 aliphatic rings. The average Bonchev–Trinajstić information content (AvgIpc) is 2.81. The van der Waals surface area contributed by atoms with Crippen molar-refractivity contribution in [3.63, 3.8) is 0 Å². The molecule has 2 aliphatic carbocycles. The van der Waals surface area contributed by atoms with Crippen molar-refractivity contribution in [1.82, 2.24) is 4.90 Å². The monoisotopic (exact) mass is 264 g/mol. The van der Waals surface area contributed by atoms with E-state index in [0.29, 0.717) is 23.8 Å². The molecule has 1 unspecified atom stereocenters. The fourth-order valence-corrected chi connectivity index (χ4v) is 4.41. The van der Waals surface area contributed by atoms with Gasteiger partial charge in [-0.1, -0.05) is 6.92 Å². The molecule has 0 aromatic rings. The van der Waals surface area contributed by atoms with Crippen molar-refractivity contribution in [3.05, 3.63) is 0 Å². The van der Waals surface area contributed by atoms with Crippen LogP contribution in [0, 0.1) is 23.7 Å². The first-order valence-corrected chi connectivity index (χ1v) is 8.18. The van der Waals surface area contributed by atoms with Crippen LogP contribution in [0.5, 0.6) is 0 Å². The second-order valence-electron chi connectivity index (χ2n) is 7.29. The van der Waals surface area contributed by atoms with Gasteiger partial charge >= 0.3 is 0 Å². The number of amides is 1. The van der Waals surface area contributed by atoms with Gasteiger partial charge in [-0.3, -0.25) is 4.79 Å². The molecule has 3 heteroatoms. The van der Waals surface area contributed by atoms with Crippen LogP contribution in [0.15, 0.2) is 0 Å². The summed E-state index contributed by atoms with van der Waals surface area (Å²) in [7, 11) is 0. The summed E-state index contributed by atoms with van der Waals surface area (Å²) >= 11 is 0. The quantitative estimate of drug-likeness (QED) is 0.790. The minimum atomic E-state index is 0.324. The Kier molecular flexibility index (Phi) is 3.84. The first kappa shape index (κ1) is 13.4. The van der Waals surface area contributed by atoms with Gasteiger partial charge in [0, 0.05) is 25.0 Å². The molecule has 0 aromatic heterocycles. The molecule has 1 amide bonds. The van der Waals surface area contributed by atoms with Crippen LogP contribution in [0.3, 0.4) is 0 Å². The molecule has 3 rings (SSSR count). The maximum Gasteiger partial charge on any atom is 0.225 e. The van der Waals surface area contributed by atoms with Crippen LogP contribution in [0.4, 0.5) is 0 Å². The highest BCUT2D eigenvalue weighted by molar-refractivity contribution is 5.79. The number of rotatable bonds is 1. The lowest BCUT2D eigenvalue weighted by molar-refractivity contribution is -0.136. The molecule has 2 saturated carbocycles. The second-order valence-corrected chi connectivity index (χ2v) is 7.29. The molecule has 0 spiro atoms. The van der Waals surface area contributed by atoms with Crippen LogP contribution in [0.25, 0.3) is 0 Å². The predicted octanol–water partition coefficient (Wildman–Crippen LogP) is 2.40. The molecule has 0 radical (unpaired) electrons. The van der Waals surface area contributed by atoms with Crippen LogP contribution in [-0.4, -0.2) is 29.9 Å². The van der Waals surface area contributed by atoms with Gasteiger partial charge in [0.15, 0.2) is 0 Å². The van der Waals surface area contributed by atoms with Crippen molar-refractivity contribution in [2.45, 2.75) is 57.9 Å². The molecule has 1 saturated heterocycles. The van der Waals surface area contributed by atoms with Crippen molar-refractivity contribution in [3.8, 4) is 0 Å². The number of nitrogens with zero attached hydrogens (tertiary/aromatic N) is 1. The summed E-state index contributed by atoms with van der Waals surface area (Å²) in [6, 6.07) is 0.381. The molecule has 3 nitrogen and oxygen atoms in total. The summed E-state index contributed by atoms with van der Waals surface area (Å²) in [5.74, 6) is 3.03. The van der Waals surface area contributed by atoms with Crippen molar-refractivity contribution in [2.24, 2.45) is 29.4 Å². The van der Waals surface area contributed by atoms with Crippen LogP contribution >= 0.6 is 0 Å². The largest absolute Gasteiger partial charge is 0.342 e. The summed E-state index contributed by atoms with van der Waals surface area (Å²) in [6.07, 6.45) is 8.23. The lowest BCUT2D eigenvalue weighted by Gasteiger charge is -2.29. The van der Waals surface area contributed by atoms with E-state index in [9.17, 15) is 4.79 Å². The Labute approximate surface area is 116 Å². The third-order valence-corrected chi connectivity index (χ3v) is 5.77. The number of nitrogens with two attached hydrogens (primary N) is 1. The molecule has 19 heavy (non-hydrogen) atoms. The topological polar surface area (TPSA) is 46.3 Å². The SMILES string of the molecule is CC1CCC(C(=O)N2C[C@H]3CCC(N)C[C@H]3C2)CC1. The Hall–Kier alpha value is -0.570. The molecule has 1 aliphatic heterocycles. The maximum absolute atomic E-state index is 12.6. The van der Waals surface area contributed by atoms with Gasteiger partial charge in [-0.25, -0.2) is 0 Å². The summed E-state index contributed by atoms with van der Waals surface area (Å²) < 4.78 is 0. The van der Waals surface area contributed by atoms with Crippen LogP contribution in [-0.2, 0) is 4.79 Å². The lowest BCUT2D eigenvalue weighted by Crippen LogP contribution is -2.36. The molecule has 3 atom stereocenters. The normalized spacial score (nSPS) is 43.1. The number of hydrogen-bond donors (Lipinski definition) is 1. The van der Waals surface area contributed by atoms with Crippen molar-refractivity contribution >= 4 is 5.91 Å². The molecule has 108 valence electrons. The van der Waals surface area contributed by atoms with E-state index in [1.54, 1.807) is 0 Å². The Bertz CT molecular complexity index is 336. The molecule has 0 aromatic carbocycles. The molecule has 1 heterocycles. The van der Waals surface area contributed by atoms with E-state index in [0.717, 1.165) is 50.6 Å². The lowest BCUT2D eigenvalue weighted by atomic mass is 9.79. The van der Waals surface area contributed by atoms with E-state index in [1.807, 2.05) is 0 Å². The fraction of sp³-hybridized carbons (Fsp3) is 0.938. The Balaban J connectivity index is 1.57. The summed E-state index contributed by atoms with van der Waals surface area (Å²) in [5, 5.41) is 0. The predicted molar refractivity (Wildman–Crippen MR) is 76.5 cm³/mol. The van der Waals surface area contributed by atoms with Gasteiger partial charge in [-0.2, -0.15) is 0 Å². The Morgan fingerprint density at radius 3 is 2.42 bits per heavy atom. The minimum Gasteiger partial charge on any atom is -0.342 e. The van der Waals surface area contributed by atoms with E-state index in [4.69, 9.17) is 5.73 Å². The van der Waals surface area contributed by atoms with Gasteiger partial charge in [0.2, 0.25) is 5.91 Å². The molecule has 0 bridgehead atoms. The molecular weight excluding hydrogens is 236 g/mol. The molecule has 3 fully saturated rings. The molecule has 2 N–H and O–H groups in total. The highest BCUT2D eigenvalue weighted by Crippen LogP contribution is 2.37. The zero-order valence-electron chi connectivity index (χ0n) is 12.2. The smallest absolute Gasteiger partial charge is 0.225 e. The fourth-order valence-electron chi connectivity index (χ4n) is 4.41. The minimum absolute atomic E-state index is 0.324. The van der Waals surface area contributed by atoms with Crippen molar-refractivity contribution < 1.29 is 4.79 Å². The first-order chi connectivity index (χ1) is 9.13. The van der Waals surface area contributed by atoms with Gasteiger partial charge in [0.1, 0.15) is 0 Å². The number of hydrogen-bond acceptors (Lipinski definition) is 2. The van der Waals surface area contributed by atoms with Gasteiger partial charge in [-0.05, 0) is 62.7 Å². The first-order valence-electron chi connectivity index (χ1n) is 8.18. The van der Waals surface area contributed by atoms with Gasteiger partial charge < -0.3 is 10.6 Å². The zero-order valence-corrected chi connectivity index (χ0v) is 12.2. The number of likely N-dealkylation sites (tertiary alicyclic amines) is 1. The van der Waals surface area contributed by atoms with Crippen LogP contribution in [0.1, 0.15) is 51.9 Å². The summed E-state index contributed by atoms with van der Waals surface area (Å²) in [6.45, 7) is 4.32. The highest BCUT2D eigenvalue weighted by atomic mass is 16.2. The van der Waals surface area contributed by atoms with E-state index in [-0.39, 0.29) is 0 Å². The van der Waals surface area contributed by atoms with Crippen LogP contribution < -0.4 is 5.73 Å². The maximum atomic E-state index is 12.6. The average molecular weight is 264 g/mol. The third kappa shape index (κ3) is 2.81. The Morgan fingerprint density at radius 2 is 1.68 bits per heavy atom. The van der Waals surface area contributed by atoms with E-state index in [2.05, 4.69) is 11.8 Å². The third-order valence-electron chi connectivity index (χ3n) is 5.77. The van der Waals surface area contributed by atoms with Gasteiger partial charge in [0.05, 0.1) is 0 Å². The summed E-state index contributed by atoms with van der Waals surface area (Å²) in [5.41, 5.74) is 6.07. The van der Waals surface area contributed by atoms with Crippen LogP contribution in [0.2, 0.25) is 0 Å². The zero-order chi connectivity index (χ0) is 13.4. The van der Waals surface area contributed by atoms with E-state index in [1.165, 1.54) is 19.3 Å². The number of fused-ring (bicyclic) bond motifs is 1. The second kappa shape index (κ2) is 5.43.